The summed E-state index contributed by atoms with van der Waals surface area (Å²) in [6.07, 6.45) is 0. The van der Waals surface area contributed by atoms with Crippen molar-refractivity contribution in [2.75, 3.05) is 39.3 Å². The predicted octanol–water partition coefficient (Wildman–Crippen LogP) is 5.11. The summed E-state index contributed by atoms with van der Waals surface area (Å²) in [6.45, 7) is 41.0. The van der Waals surface area contributed by atoms with Crippen LogP contribution in [0.5, 0.6) is 0 Å². The molecule has 0 fully saturated rings. The Kier molecular flexibility index (Phi) is 213. The number of para-hydroxylation sites is 6. The van der Waals surface area contributed by atoms with Crippen molar-refractivity contribution in [1.82, 2.24) is 0 Å². The minimum absolute atomic E-state index is 0. The second kappa shape index (κ2) is 123. The van der Waals surface area contributed by atoms with E-state index in [4.69, 9.17) is 126 Å². The van der Waals surface area contributed by atoms with Crippen molar-refractivity contribution >= 4 is 68.2 Å². The molecule has 0 bridgehead atoms. The van der Waals surface area contributed by atoms with Crippen molar-refractivity contribution < 1.29 is 227 Å². The molecule has 0 spiro atoms. The van der Waals surface area contributed by atoms with Crippen molar-refractivity contribution in [1.29, 1.82) is 52.6 Å². The Morgan fingerprint density at radius 3 is 0.422 bits per heavy atom. The third kappa shape index (κ3) is 86.7. The van der Waals surface area contributed by atoms with Gasteiger partial charge in [-0.1, -0.05) is 170 Å². The minimum Gasteiger partial charge on any atom is -0.700 e. The molecule has 0 aliphatic heterocycles. The minimum atomic E-state index is -0.410. The fourth-order valence-electron chi connectivity index (χ4n) is 5.63. The van der Waals surface area contributed by atoms with Gasteiger partial charge in [-0.05, 0) is 0 Å². The van der Waals surface area contributed by atoms with E-state index in [2.05, 4.69) is 45.7 Å². The van der Waals surface area contributed by atoms with Gasteiger partial charge in [0, 0.05) is 27.7 Å². The van der Waals surface area contributed by atoms with Crippen molar-refractivity contribution in [3.63, 3.8) is 0 Å². The quantitative estimate of drug-likeness (QED) is 0.0808. The Morgan fingerprint density at radius 1 is 0.265 bits per heavy atom. The van der Waals surface area contributed by atoms with E-state index in [1.807, 2.05) is 109 Å². The Labute approximate surface area is 708 Å². The molecule has 0 aliphatic carbocycles. The van der Waals surface area contributed by atoms with Crippen LogP contribution in [0.1, 0.15) is 41.5 Å². The summed E-state index contributed by atoms with van der Waals surface area (Å²) >= 11 is 0. The van der Waals surface area contributed by atoms with Gasteiger partial charge in [-0.3, -0.25) is 0 Å². The zero-order valence-electron chi connectivity index (χ0n) is 56.4. The molecule has 0 heterocycles. The molecule has 6 aromatic carbocycles. The first kappa shape index (κ1) is 176. The molecule has 34 nitrogen and oxygen atoms in total. The van der Waals surface area contributed by atoms with E-state index < -0.39 is 10.8 Å². The molecule has 6 aromatic rings. The largest absolute Gasteiger partial charge is 3.00 e. The number of nitrogens with one attached hydrogen (secondary N) is 6. The summed E-state index contributed by atoms with van der Waals surface area (Å²) in [5.41, 5.74) is 53.4. The zero-order valence-corrected chi connectivity index (χ0v) is 67.0. The van der Waals surface area contributed by atoms with Gasteiger partial charge in [0.1, 0.15) is 0 Å². The normalized spacial score (nSPS) is 6.73. The topological polar surface area (TPSA) is 843 Å². The molecule has 0 saturated heterocycles. The first-order valence-corrected chi connectivity index (χ1v) is 23.1. The summed E-state index contributed by atoms with van der Waals surface area (Å²) in [4.78, 5) is 0. The van der Waals surface area contributed by atoms with E-state index >= 15 is 0 Å². The van der Waals surface area contributed by atoms with Crippen molar-refractivity contribution in [2.24, 2.45) is 10.8 Å². The second-order valence-electron chi connectivity index (χ2n) is 15.5. The molecule has 0 unspecified atom stereocenters. The van der Waals surface area contributed by atoms with Gasteiger partial charge < -0.3 is 203 Å². The molecule has 0 aromatic heterocycles. The van der Waals surface area contributed by atoms with Crippen LogP contribution in [0.2, 0.25) is 0 Å². The summed E-state index contributed by atoms with van der Waals surface area (Å²) < 4.78 is 0. The monoisotopic (exact) mass is 1690 g/mol. The molecule has 0 amide bonds. The molecule has 0 atom stereocenters. The number of nitrogens with zero attached hydrogens (tertiary/aromatic N) is 16. The number of rotatable bonds is 18. The number of nitriles is 4. The maximum atomic E-state index is 8.02. The van der Waals surface area contributed by atoms with Gasteiger partial charge >= 0.3 is 162 Å². The van der Waals surface area contributed by atoms with Gasteiger partial charge in [0.15, 0.2) is 0 Å². The van der Waals surface area contributed by atoms with Crippen molar-refractivity contribution in [3.05, 3.63) is 251 Å². The smallest absolute Gasteiger partial charge is 0.700 e. The number of benzene rings is 6. The van der Waals surface area contributed by atoms with E-state index in [-0.39, 0.29) is 227 Å². The van der Waals surface area contributed by atoms with Gasteiger partial charge in [0.25, 0.3) is 0 Å². The maximum Gasteiger partial charge on any atom is 3.00 e. The van der Waals surface area contributed by atoms with E-state index in [9.17, 15) is 0 Å². The van der Waals surface area contributed by atoms with Gasteiger partial charge in [0.05, 0.1) is 24.3 Å². The molecular weight excluding hydrogens is 1600 g/mol. The van der Waals surface area contributed by atoms with Crippen molar-refractivity contribution in [3.8, 4) is 24.3 Å². The van der Waals surface area contributed by atoms with Gasteiger partial charge in [-0.2, -0.15) is 89.3 Å². The average Bonchev–Trinajstić information content (AvgIpc) is 3.50. The fraction of sp³-hybridized carbons (Fsp3) is 0.233. The van der Waals surface area contributed by atoms with Crippen LogP contribution in [-0.2, 0) is 102 Å². The summed E-state index contributed by atoms with van der Waals surface area (Å²) in [5, 5.41) is 94.7. The summed E-state index contributed by atoms with van der Waals surface area (Å²) in [7, 11) is 0. The SMILES string of the molecule is CC#N.CC#N.CC#N.CC#N.CC(C[N-]c1ccccc1[NH-])(C[N-]c1ccccc1[NH-])C[N-]c1ccccc1[NH-].CC(C[N-]c1ccccc1[NH-])(C[N-]c1ccccc1[NH-])C[N-]c1ccccc1[NH-].O.O.O.O.O.O.O.O.O.O.O.O.[C-]#N.[C-]#N.[C-]#N.[C-]#N.[C-]#N.[C-]#N.[Fe+2].[Fe+2].[Fe+3].[Fe+3].[Fe+3].[Fe+3].[Na+].[Na+]. The van der Waals surface area contributed by atoms with Crippen LogP contribution in [0, 0.1) is 127 Å². The van der Waals surface area contributed by atoms with Crippen LogP contribution >= 0.6 is 0 Å². The van der Waals surface area contributed by atoms with Crippen molar-refractivity contribution in [2.45, 2.75) is 41.5 Å². The summed E-state index contributed by atoms with van der Waals surface area (Å²) in [5.74, 6) is 0. The molecule has 6 rings (SSSR count). The van der Waals surface area contributed by atoms with E-state index in [0.29, 0.717) is 108 Å². The van der Waals surface area contributed by atoms with E-state index in [1.54, 1.807) is 60.7 Å². The fourth-order valence-corrected chi connectivity index (χ4v) is 5.63. The molecule has 0 aliphatic rings. The average molecular weight is 1690 g/mol. The second-order valence-corrected chi connectivity index (χ2v) is 15.5. The Hall–Kier alpha value is -7.54. The molecule has 42 heteroatoms. The van der Waals surface area contributed by atoms with Crippen LogP contribution in [-0.4, -0.2) is 105 Å². The number of hydrogen-bond donors (Lipinski definition) is 0. The molecular formula is C60H84Fe6N22Na2O12. The number of hydrogen-bond acceptors (Lipinski definition) is 10. The van der Waals surface area contributed by atoms with E-state index in [1.165, 1.54) is 27.7 Å². The van der Waals surface area contributed by atoms with Crippen LogP contribution in [0.15, 0.2) is 146 Å². The van der Waals surface area contributed by atoms with E-state index in [0.717, 1.165) is 0 Å². The van der Waals surface area contributed by atoms with Gasteiger partial charge in [0.2, 0.25) is 0 Å². The molecule has 4 radical (unpaired) electrons. The first-order chi connectivity index (χ1) is 39.6. The van der Waals surface area contributed by atoms with Crippen LogP contribution in [0.25, 0.3) is 66.3 Å². The Balaban J connectivity index is -0.0000000314. The summed E-state index contributed by atoms with van der Waals surface area (Å²) in [6, 6.07) is 50.4. The van der Waals surface area contributed by atoms with Crippen LogP contribution < -0.4 is 59.1 Å². The molecule has 556 valence electrons. The molecule has 30 N–H and O–H groups in total. The zero-order chi connectivity index (χ0) is 64.2. The first-order valence-electron chi connectivity index (χ1n) is 23.1. The third-order valence-electron chi connectivity index (χ3n) is 9.21. The standard InChI is InChI=1S/2C23H24N6.4C2H3N.6CN.6Fe.2Na.12H2O/c2*1-23(14-27-20-11-5-2-8-17(20)24,15-28-21-12-6-3-9-18(21)25)16-29-22-13-7-4-10-19(22)26;4*1-2-3;6*1-2;;;;;;;;;;;;;;;;;;;;/h2*2-13,24-26H,14-16H2,1H3;4*1H3;;;;;;;;;;;;;;;12*1H2/q2*-6;;;;;6*-1;2*+2;4*+3;2*+1;;;;;;;;;;;;. The Morgan fingerprint density at radius 2 is 0.343 bits per heavy atom. The van der Waals surface area contributed by atoms with Crippen LogP contribution in [0.3, 0.4) is 0 Å². The Bertz CT molecular complexity index is 2500. The maximum absolute atomic E-state index is 8.02. The molecule has 102 heavy (non-hydrogen) atoms. The van der Waals surface area contributed by atoms with Gasteiger partial charge in [-0.15, -0.1) is 39.3 Å². The third-order valence-corrected chi connectivity index (χ3v) is 9.21. The van der Waals surface area contributed by atoms with Gasteiger partial charge in [-0.25, -0.2) is 0 Å². The predicted molar refractivity (Wildman–Crippen MR) is 364 cm³/mol. The van der Waals surface area contributed by atoms with Crippen LogP contribution in [0.4, 0.5) is 68.2 Å². The molecule has 0 saturated carbocycles.